The largest absolute Gasteiger partial charge is 0.478 e. The number of amides is 1. The quantitative estimate of drug-likeness (QED) is 0.858. The molecule has 0 unspecified atom stereocenters. The fraction of sp³-hybridized carbons (Fsp3) is 0.500. The van der Waals surface area contributed by atoms with Crippen molar-refractivity contribution in [1.29, 1.82) is 0 Å². The zero-order valence-electron chi connectivity index (χ0n) is 14.4. The Morgan fingerprint density at radius 2 is 2.12 bits per heavy atom. The summed E-state index contributed by atoms with van der Waals surface area (Å²) in [4.78, 5) is 26.8. The molecule has 3 heterocycles. The molecule has 7 heteroatoms. The predicted octanol–water partition coefficient (Wildman–Crippen LogP) is 3.14. The van der Waals surface area contributed by atoms with Gasteiger partial charge in [-0.25, -0.2) is 4.79 Å². The van der Waals surface area contributed by atoms with Crippen molar-refractivity contribution >= 4 is 23.2 Å². The number of aromatic carboxylic acids is 1. The van der Waals surface area contributed by atoms with Crippen molar-refractivity contribution in [2.45, 2.75) is 45.1 Å². The molecule has 1 amide bonds. The molecule has 134 valence electrons. The summed E-state index contributed by atoms with van der Waals surface area (Å²) in [7, 11) is 0. The average molecular weight is 361 g/mol. The number of nitrogens with zero attached hydrogens (tertiary/aromatic N) is 3. The SMILES string of the molecule is Cc1c(C(=O)O)cnn1C1CCN(C(=O)CCCc2cccs2)CC1. The maximum absolute atomic E-state index is 12.4. The van der Waals surface area contributed by atoms with Crippen molar-refractivity contribution in [3.63, 3.8) is 0 Å². The topological polar surface area (TPSA) is 75.4 Å². The Morgan fingerprint density at radius 3 is 2.72 bits per heavy atom. The van der Waals surface area contributed by atoms with E-state index in [2.05, 4.69) is 16.5 Å². The molecule has 0 bridgehead atoms. The van der Waals surface area contributed by atoms with Crippen LogP contribution < -0.4 is 0 Å². The second-order valence-electron chi connectivity index (χ2n) is 6.44. The van der Waals surface area contributed by atoms with Gasteiger partial charge in [-0.3, -0.25) is 9.48 Å². The summed E-state index contributed by atoms with van der Waals surface area (Å²) in [5.41, 5.74) is 0.945. The van der Waals surface area contributed by atoms with E-state index in [0.29, 0.717) is 25.2 Å². The molecule has 1 aliphatic rings. The van der Waals surface area contributed by atoms with E-state index in [1.165, 1.54) is 11.1 Å². The van der Waals surface area contributed by atoms with Crippen LogP contribution in [0, 0.1) is 6.92 Å². The minimum Gasteiger partial charge on any atom is -0.478 e. The molecular weight excluding hydrogens is 338 g/mol. The number of aryl methyl sites for hydroxylation is 1. The Morgan fingerprint density at radius 1 is 1.36 bits per heavy atom. The summed E-state index contributed by atoms with van der Waals surface area (Å²) >= 11 is 1.74. The highest BCUT2D eigenvalue weighted by Crippen LogP contribution is 2.25. The van der Waals surface area contributed by atoms with Gasteiger partial charge in [-0.1, -0.05) is 6.07 Å². The van der Waals surface area contributed by atoms with Gasteiger partial charge in [0, 0.05) is 24.4 Å². The first-order valence-corrected chi connectivity index (χ1v) is 9.52. The van der Waals surface area contributed by atoms with Crippen molar-refractivity contribution in [3.05, 3.63) is 39.8 Å². The number of hydrogen-bond acceptors (Lipinski definition) is 4. The van der Waals surface area contributed by atoms with E-state index in [1.807, 2.05) is 15.6 Å². The number of hydrogen-bond donors (Lipinski definition) is 1. The lowest BCUT2D eigenvalue weighted by molar-refractivity contribution is -0.132. The number of carboxylic acids is 1. The molecule has 1 fully saturated rings. The number of rotatable bonds is 6. The number of likely N-dealkylation sites (tertiary alicyclic amines) is 1. The highest BCUT2D eigenvalue weighted by molar-refractivity contribution is 7.09. The Labute approximate surface area is 151 Å². The van der Waals surface area contributed by atoms with Crippen LogP contribution in [0.25, 0.3) is 0 Å². The van der Waals surface area contributed by atoms with Crippen LogP contribution in [0.1, 0.15) is 52.7 Å². The van der Waals surface area contributed by atoms with Gasteiger partial charge in [0.1, 0.15) is 5.56 Å². The third-order valence-electron chi connectivity index (χ3n) is 4.83. The normalized spacial score (nSPS) is 15.5. The summed E-state index contributed by atoms with van der Waals surface area (Å²) in [5, 5.41) is 15.4. The molecule has 6 nitrogen and oxygen atoms in total. The molecule has 2 aromatic heterocycles. The molecule has 1 aliphatic heterocycles. The fourth-order valence-electron chi connectivity index (χ4n) is 3.39. The van der Waals surface area contributed by atoms with Crippen LogP contribution in [0.15, 0.2) is 23.7 Å². The standard InChI is InChI=1S/C18H23N3O3S/c1-13-16(18(23)24)12-19-21(13)14-7-9-20(10-8-14)17(22)6-2-4-15-5-3-11-25-15/h3,5,11-12,14H,2,4,6-10H2,1H3,(H,23,24). The second-order valence-corrected chi connectivity index (χ2v) is 7.47. The first-order chi connectivity index (χ1) is 12.1. The van der Waals surface area contributed by atoms with Crippen LogP contribution in [0.3, 0.4) is 0 Å². The van der Waals surface area contributed by atoms with Crippen molar-refractivity contribution in [1.82, 2.24) is 14.7 Å². The minimum atomic E-state index is -0.942. The smallest absolute Gasteiger partial charge is 0.339 e. The zero-order valence-corrected chi connectivity index (χ0v) is 15.2. The number of carbonyl (C=O) groups is 2. The fourth-order valence-corrected chi connectivity index (χ4v) is 4.14. The van der Waals surface area contributed by atoms with Gasteiger partial charge >= 0.3 is 5.97 Å². The van der Waals surface area contributed by atoms with E-state index in [0.717, 1.165) is 25.7 Å². The lowest BCUT2D eigenvalue weighted by atomic mass is 10.0. The van der Waals surface area contributed by atoms with Gasteiger partial charge in [-0.15, -0.1) is 11.3 Å². The summed E-state index contributed by atoms with van der Waals surface area (Å²) in [6.45, 7) is 3.22. The number of carboxylic acid groups (broad SMARTS) is 1. The number of thiophene rings is 1. The molecule has 0 radical (unpaired) electrons. The third-order valence-corrected chi connectivity index (χ3v) is 5.77. The van der Waals surface area contributed by atoms with Crippen molar-refractivity contribution in [2.75, 3.05) is 13.1 Å². The van der Waals surface area contributed by atoms with E-state index in [-0.39, 0.29) is 17.5 Å². The van der Waals surface area contributed by atoms with Gasteiger partial charge in [-0.05, 0) is 44.1 Å². The first-order valence-electron chi connectivity index (χ1n) is 8.64. The number of aromatic nitrogens is 2. The summed E-state index contributed by atoms with van der Waals surface area (Å²) in [6, 6.07) is 4.32. The first kappa shape index (κ1) is 17.7. The van der Waals surface area contributed by atoms with E-state index in [4.69, 9.17) is 5.11 Å². The van der Waals surface area contributed by atoms with E-state index >= 15 is 0 Å². The van der Waals surface area contributed by atoms with Crippen molar-refractivity contribution < 1.29 is 14.7 Å². The van der Waals surface area contributed by atoms with Crippen LogP contribution in [-0.4, -0.2) is 44.8 Å². The van der Waals surface area contributed by atoms with Gasteiger partial charge in [0.15, 0.2) is 0 Å². The van der Waals surface area contributed by atoms with Crippen LogP contribution in [0.2, 0.25) is 0 Å². The highest BCUT2D eigenvalue weighted by atomic mass is 32.1. The lowest BCUT2D eigenvalue weighted by Gasteiger charge is -2.32. The second kappa shape index (κ2) is 7.82. The molecule has 1 N–H and O–H groups in total. The molecule has 0 spiro atoms. The lowest BCUT2D eigenvalue weighted by Crippen LogP contribution is -2.39. The van der Waals surface area contributed by atoms with E-state index in [1.54, 1.807) is 18.3 Å². The molecular formula is C18H23N3O3S. The monoisotopic (exact) mass is 361 g/mol. The highest BCUT2D eigenvalue weighted by Gasteiger charge is 2.26. The Hall–Kier alpha value is -2.15. The van der Waals surface area contributed by atoms with Crippen molar-refractivity contribution in [3.8, 4) is 0 Å². The number of piperidine rings is 1. The van der Waals surface area contributed by atoms with Gasteiger partial charge in [0.2, 0.25) is 5.91 Å². The Kier molecular flexibility index (Phi) is 5.53. The van der Waals surface area contributed by atoms with Crippen LogP contribution in [0.5, 0.6) is 0 Å². The predicted molar refractivity (Wildman–Crippen MR) is 96.0 cm³/mol. The minimum absolute atomic E-state index is 0.170. The molecule has 2 aromatic rings. The maximum Gasteiger partial charge on any atom is 0.339 e. The van der Waals surface area contributed by atoms with Crippen LogP contribution >= 0.6 is 11.3 Å². The zero-order chi connectivity index (χ0) is 17.8. The van der Waals surface area contributed by atoms with Gasteiger partial charge in [-0.2, -0.15) is 5.10 Å². The molecule has 3 rings (SSSR count). The molecule has 25 heavy (non-hydrogen) atoms. The summed E-state index contributed by atoms with van der Waals surface area (Å²) < 4.78 is 1.81. The molecule has 0 atom stereocenters. The molecule has 0 aliphatic carbocycles. The third kappa shape index (κ3) is 4.10. The Balaban J connectivity index is 1.48. The maximum atomic E-state index is 12.4. The summed E-state index contributed by atoms with van der Waals surface area (Å²) in [5.74, 6) is -0.722. The van der Waals surface area contributed by atoms with Crippen LogP contribution in [0.4, 0.5) is 0 Å². The molecule has 0 aromatic carbocycles. The van der Waals surface area contributed by atoms with E-state index < -0.39 is 5.97 Å². The Bertz CT molecular complexity index is 731. The molecule has 0 saturated carbocycles. The molecule has 1 saturated heterocycles. The summed E-state index contributed by atoms with van der Waals surface area (Å²) in [6.07, 6.45) is 5.49. The average Bonchev–Trinajstić information content (AvgIpc) is 3.24. The van der Waals surface area contributed by atoms with Gasteiger partial charge in [0.25, 0.3) is 0 Å². The van der Waals surface area contributed by atoms with Crippen molar-refractivity contribution in [2.24, 2.45) is 0 Å². The van der Waals surface area contributed by atoms with Gasteiger partial charge in [0.05, 0.1) is 17.9 Å². The number of carbonyl (C=O) groups excluding carboxylic acids is 1. The van der Waals surface area contributed by atoms with E-state index in [9.17, 15) is 9.59 Å². The van der Waals surface area contributed by atoms with Gasteiger partial charge < -0.3 is 10.0 Å². The van der Waals surface area contributed by atoms with Crippen LogP contribution in [-0.2, 0) is 11.2 Å².